The summed E-state index contributed by atoms with van der Waals surface area (Å²) in [5.41, 5.74) is 2.48. The Kier molecular flexibility index (Phi) is 5.73. The molecule has 3 rings (SSSR count). The summed E-state index contributed by atoms with van der Waals surface area (Å²) in [5.74, 6) is 0. The van der Waals surface area contributed by atoms with Crippen molar-refractivity contribution in [2.24, 2.45) is 0 Å². The third-order valence-corrected chi connectivity index (χ3v) is 4.36. The molecule has 7 heteroatoms. The molecular formula is C20H24N4O3. The first kappa shape index (κ1) is 18.9. The smallest absolute Gasteiger partial charge is 0.319 e. The number of rotatable bonds is 7. The van der Waals surface area contributed by atoms with Gasteiger partial charge in [0.05, 0.1) is 16.6 Å². The van der Waals surface area contributed by atoms with Gasteiger partial charge in [-0.15, -0.1) is 0 Å². The van der Waals surface area contributed by atoms with Crippen molar-refractivity contribution in [3.05, 3.63) is 54.9 Å². The monoisotopic (exact) mass is 368 g/mol. The Balaban J connectivity index is 1.60. The first-order valence-electron chi connectivity index (χ1n) is 8.89. The summed E-state index contributed by atoms with van der Waals surface area (Å²) in [6.07, 6.45) is 2.67. The lowest BCUT2D eigenvalue weighted by Crippen LogP contribution is -2.42. The topological polar surface area (TPSA) is 99.4 Å². The molecule has 0 aliphatic rings. The normalized spacial score (nSPS) is 13.3. The number of urea groups is 1. The molecule has 0 saturated carbocycles. The Hall–Kier alpha value is -2.90. The number of aromatic nitrogens is 2. The molecule has 0 aliphatic heterocycles. The van der Waals surface area contributed by atoms with E-state index in [0.717, 1.165) is 16.7 Å². The molecule has 2 aromatic carbocycles. The highest BCUT2D eigenvalue weighted by Crippen LogP contribution is 2.19. The highest BCUT2D eigenvalue weighted by atomic mass is 16.3. The van der Waals surface area contributed by atoms with Crippen LogP contribution in [0.1, 0.15) is 19.8 Å². The van der Waals surface area contributed by atoms with E-state index in [2.05, 4.69) is 15.6 Å². The third kappa shape index (κ3) is 4.84. The van der Waals surface area contributed by atoms with Gasteiger partial charge in [0.25, 0.3) is 0 Å². The fourth-order valence-corrected chi connectivity index (χ4v) is 2.86. The molecule has 4 N–H and O–H groups in total. The molecule has 0 bridgehead atoms. The number of carbonyl (C=O) groups excluding carboxylic acids is 1. The molecule has 0 radical (unpaired) electrons. The molecule has 0 fully saturated rings. The van der Waals surface area contributed by atoms with Crippen LogP contribution in [0.3, 0.4) is 0 Å². The molecule has 1 atom stereocenters. The van der Waals surface area contributed by atoms with Crippen LogP contribution in [0.15, 0.2) is 54.9 Å². The van der Waals surface area contributed by atoms with Crippen molar-refractivity contribution < 1.29 is 15.0 Å². The second kappa shape index (κ2) is 8.20. The minimum Gasteiger partial charge on any atom is -0.396 e. The number of hydrogen-bond donors (Lipinski definition) is 4. The van der Waals surface area contributed by atoms with Gasteiger partial charge >= 0.3 is 6.03 Å². The second-order valence-corrected chi connectivity index (χ2v) is 6.78. The standard InChI is InChI=1S/C20H24N4O3/c1-20(27,11-4-12-25)13-21-19(26)23-15-7-9-16(10-8-15)24-14-22-17-5-2-3-6-18(17)24/h2-3,5-10,14,25,27H,4,11-13H2,1H3,(H2,21,23,26)/t20-/m1/s1. The molecule has 7 nitrogen and oxygen atoms in total. The largest absolute Gasteiger partial charge is 0.396 e. The lowest BCUT2D eigenvalue weighted by molar-refractivity contribution is 0.0464. The Morgan fingerprint density at radius 1 is 1.19 bits per heavy atom. The van der Waals surface area contributed by atoms with Crippen molar-refractivity contribution in [3.8, 4) is 5.69 Å². The Morgan fingerprint density at radius 2 is 1.93 bits per heavy atom. The number of anilines is 1. The molecule has 142 valence electrons. The number of nitrogens with zero attached hydrogens (tertiary/aromatic N) is 2. The van der Waals surface area contributed by atoms with E-state index in [0.29, 0.717) is 18.5 Å². The first-order valence-corrected chi connectivity index (χ1v) is 8.89. The molecular weight excluding hydrogens is 344 g/mol. The summed E-state index contributed by atoms with van der Waals surface area (Å²) in [4.78, 5) is 16.4. The van der Waals surface area contributed by atoms with Gasteiger partial charge in [-0.1, -0.05) is 12.1 Å². The number of nitrogens with one attached hydrogen (secondary N) is 2. The molecule has 2 amide bonds. The highest BCUT2D eigenvalue weighted by Gasteiger charge is 2.20. The molecule has 27 heavy (non-hydrogen) atoms. The zero-order valence-electron chi connectivity index (χ0n) is 15.2. The van der Waals surface area contributed by atoms with Gasteiger partial charge < -0.3 is 20.8 Å². The Bertz CT molecular complexity index is 903. The van der Waals surface area contributed by atoms with Crippen molar-refractivity contribution in [1.29, 1.82) is 0 Å². The molecule has 0 saturated heterocycles. The van der Waals surface area contributed by atoms with Gasteiger partial charge in [-0.25, -0.2) is 9.78 Å². The van der Waals surface area contributed by atoms with Crippen LogP contribution < -0.4 is 10.6 Å². The molecule has 0 aliphatic carbocycles. The van der Waals surface area contributed by atoms with Crippen LogP contribution in [0.4, 0.5) is 10.5 Å². The van der Waals surface area contributed by atoms with E-state index in [9.17, 15) is 9.90 Å². The van der Waals surface area contributed by atoms with Crippen molar-refractivity contribution in [2.75, 3.05) is 18.5 Å². The van der Waals surface area contributed by atoms with Gasteiger partial charge in [-0.05, 0) is 56.2 Å². The van der Waals surface area contributed by atoms with Gasteiger partial charge in [-0.2, -0.15) is 0 Å². The maximum atomic E-state index is 12.0. The van der Waals surface area contributed by atoms with E-state index in [1.54, 1.807) is 13.3 Å². The molecule has 1 aromatic heterocycles. The summed E-state index contributed by atoms with van der Waals surface area (Å²) in [7, 11) is 0. The maximum absolute atomic E-state index is 12.0. The SMILES string of the molecule is C[C@@](O)(CCCO)CNC(=O)Nc1ccc(-n2cnc3ccccc32)cc1. The molecule has 0 unspecified atom stereocenters. The lowest BCUT2D eigenvalue weighted by atomic mass is 10.0. The van der Waals surface area contributed by atoms with Gasteiger partial charge in [0.1, 0.15) is 6.33 Å². The van der Waals surface area contributed by atoms with Gasteiger partial charge in [-0.3, -0.25) is 4.57 Å². The van der Waals surface area contributed by atoms with Gasteiger partial charge in [0.15, 0.2) is 0 Å². The van der Waals surface area contributed by atoms with Gasteiger partial charge in [0, 0.05) is 24.5 Å². The third-order valence-electron chi connectivity index (χ3n) is 4.36. The average Bonchev–Trinajstić information content (AvgIpc) is 3.10. The van der Waals surface area contributed by atoms with E-state index >= 15 is 0 Å². The quantitative estimate of drug-likeness (QED) is 0.515. The van der Waals surface area contributed by atoms with Crippen LogP contribution in [0.25, 0.3) is 16.7 Å². The van der Waals surface area contributed by atoms with Crippen molar-refractivity contribution >= 4 is 22.8 Å². The van der Waals surface area contributed by atoms with Crippen LogP contribution in [0.2, 0.25) is 0 Å². The van der Waals surface area contributed by atoms with Crippen molar-refractivity contribution in [1.82, 2.24) is 14.9 Å². The van der Waals surface area contributed by atoms with Crippen LogP contribution >= 0.6 is 0 Å². The maximum Gasteiger partial charge on any atom is 0.319 e. The van der Waals surface area contributed by atoms with Crippen molar-refractivity contribution in [2.45, 2.75) is 25.4 Å². The van der Waals surface area contributed by atoms with E-state index in [4.69, 9.17) is 5.11 Å². The van der Waals surface area contributed by atoms with Crippen LogP contribution in [-0.4, -0.2) is 44.5 Å². The number of benzene rings is 2. The summed E-state index contributed by atoms with van der Waals surface area (Å²) in [5, 5.41) is 24.4. The number of fused-ring (bicyclic) bond motifs is 1. The van der Waals surface area contributed by atoms with E-state index < -0.39 is 5.60 Å². The van der Waals surface area contributed by atoms with Crippen LogP contribution in [0.5, 0.6) is 0 Å². The van der Waals surface area contributed by atoms with Crippen LogP contribution in [0, 0.1) is 0 Å². The number of para-hydroxylation sites is 2. The second-order valence-electron chi connectivity index (χ2n) is 6.78. The summed E-state index contributed by atoms with van der Waals surface area (Å²) in [6.45, 7) is 1.76. The first-order chi connectivity index (χ1) is 13.0. The van der Waals surface area contributed by atoms with E-state index in [1.165, 1.54) is 0 Å². The molecule has 1 heterocycles. The summed E-state index contributed by atoms with van der Waals surface area (Å²) < 4.78 is 1.98. The predicted molar refractivity (Wildman–Crippen MR) is 105 cm³/mol. The number of hydrogen-bond acceptors (Lipinski definition) is 4. The number of aliphatic hydroxyl groups is 2. The zero-order valence-corrected chi connectivity index (χ0v) is 15.2. The molecule has 3 aromatic rings. The minimum absolute atomic E-state index is 0.0148. The highest BCUT2D eigenvalue weighted by molar-refractivity contribution is 5.89. The zero-order chi connectivity index (χ0) is 19.3. The number of imidazole rings is 1. The Labute approximate surface area is 157 Å². The van der Waals surface area contributed by atoms with Crippen molar-refractivity contribution in [3.63, 3.8) is 0 Å². The van der Waals surface area contributed by atoms with Gasteiger partial charge in [0.2, 0.25) is 0 Å². The molecule has 0 spiro atoms. The fraction of sp³-hybridized carbons (Fsp3) is 0.300. The van der Waals surface area contributed by atoms with Crippen LogP contribution in [-0.2, 0) is 0 Å². The number of aliphatic hydroxyl groups excluding tert-OH is 1. The summed E-state index contributed by atoms with van der Waals surface area (Å²) >= 11 is 0. The van der Waals surface area contributed by atoms with E-state index in [-0.39, 0.29) is 19.2 Å². The Morgan fingerprint density at radius 3 is 2.67 bits per heavy atom. The number of carbonyl (C=O) groups is 1. The van der Waals surface area contributed by atoms with E-state index in [1.807, 2.05) is 53.1 Å². The fourth-order valence-electron chi connectivity index (χ4n) is 2.86. The minimum atomic E-state index is -1.05. The lowest BCUT2D eigenvalue weighted by Gasteiger charge is -2.23. The number of amides is 2. The summed E-state index contributed by atoms with van der Waals surface area (Å²) in [6, 6.07) is 14.9. The predicted octanol–water partition coefficient (Wildman–Crippen LogP) is 2.67. The average molecular weight is 368 g/mol.